The molecule has 0 radical (unpaired) electrons. The highest BCUT2D eigenvalue weighted by Crippen LogP contribution is 2.29. The molecule has 29 heavy (non-hydrogen) atoms. The predicted octanol–water partition coefficient (Wildman–Crippen LogP) is 4.29. The molecule has 0 unspecified atom stereocenters. The second-order valence-corrected chi connectivity index (χ2v) is 7.54. The summed E-state index contributed by atoms with van der Waals surface area (Å²) in [6.07, 6.45) is 3.27. The zero-order valence-electron chi connectivity index (χ0n) is 17.1. The largest absolute Gasteiger partial charge is 0.497 e. The van der Waals surface area contributed by atoms with Crippen molar-refractivity contribution in [3.05, 3.63) is 48.0 Å². The van der Waals surface area contributed by atoms with Gasteiger partial charge in [-0.25, -0.2) is 4.79 Å². The number of rotatable bonds is 8. The SMILES string of the molecule is COc1ccc(-c2ccc(OC)c(CNC3CCC(CNC(=O)O)CC3)c2)cc1. The topological polar surface area (TPSA) is 79.8 Å². The Morgan fingerprint density at radius 3 is 2.31 bits per heavy atom. The predicted molar refractivity (Wildman–Crippen MR) is 114 cm³/mol. The second-order valence-electron chi connectivity index (χ2n) is 7.54. The van der Waals surface area contributed by atoms with Gasteiger partial charge in [-0.15, -0.1) is 0 Å². The fraction of sp³-hybridized carbons (Fsp3) is 0.435. The first kappa shape index (κ1) is 21.0. The van der Waals surface area contributed by atoms with Crippen LogP contribution in [0, 0.1) is 5.92 Å². The minimum Gasteiger partial charge on any atom is -0.497 e. The summed E-state index contributed by atoms with van der Waals surface area (Å²) in [5, 5.41) is 14.9. The van der Waals surface area contributed by atoms with Crippen molar-refractivity contribution < 1.29 is 19.4 Å². The van der Waals surface area contributed by atoms with Crippen LogP contribution in [0.25, 0.3) is 11.1 Å². The van der Waals surface area contributed by atoms with Gasteiger partial charge in [-0.2, -0.15) is 0 Å². The van der Waals surface area contributed by atoms with Gasteiger partial charge in [0.25, 0.3) is 0 Å². The summed E-state index contributed by atoms with van der Waals surface area (Å²) in [5.41, 5.74) is 3.42. The maximum Gasteiger partial charge on any atom is 0.404 e. The molecule has 3 N–H and O–H groups in total. The van der Waals surface area contributed by atoms with Gasteiger partial charge in [0, 0.05) is 24.7 Å². The van der Waals surface area contributed by atoms with Crippen molar-refractivity contribution in [3.8, 4) is 22.6 Å². The van der Waals surface area contributed by atoms with Crippen LogP contribution in [0.15, 0.2) is 42.5 Å². The molecule has 2 aromatic carbocycles. The van der Waals surface area contributed by atoms with Crippen molar-refractivity contribution >= 4 is 6.09 Å². The van der Waals surface area contributed by atoms with Gasteiger partial charge >= 0.3 is 6.09 Å². The van der Waals surface area contributed by atoms with Crippen LogP contribution in [0.1, 0.15) is 31.2 Å². The lowest BCUT2D eigenvalue weighted by atomic mass is 9.86. The van der Waals surface area contributed by atoms with E-state index < -0.39 is 6.09 Å². The Hall–Kier alpha value is -2.73. The maximum atomic E-state index is 10.6. The third-order valence-corrected chi connectivity index (χ3v) is 5.67. The Balaban J connectivity index is 1.59. The molecule has 1 amide bonds. The first-order valence-corrected chi connectivity index (χ1v) is 10.1. The summed E-state index contributed by atoms with van der Waals surface area (Å²) in [5.74, 6) is 2.17. The van der Waals surface area contributed by atoms with Gasteiger partial charge in [0.1, 0.15) is 11.5 Å². The van der Waals surface area contributed by atoms with E-state index in [1.807, 2.05) is 18.2 Å². The van der Waals surface area contributed by atoms with E-state index in [4.69, 9.17) is 14.6 Å². The van der Waals surface area contributed by atoms with E-state index in [1.165, 1.54) is 0 Å². The minimum atomic E-state index is -0.936. The summed E-state index contributed by atoms with van der Waals surface area (Å²) in [6.45, 7) is 1.30. The highest BCUT2D eigenvalue weighted by molar-refractivity contribution is 5.66. The van der Waals surface area contributed by atoms with E-state index in [1.54, 1.807) is 14.2 Å². The zero-order valence-corrected chi connectivity index (χ0v) is 17.1. The molecule has 0 saturated heterocycles. The summed E-state index contributed by atoms with van der Waals surface area (Å²) in [6, 6.07) is 14.8. The van der Waals surface area contributed by atoms with Crippen molar-refractivity contribution in [1.82, 2.24) is 10.6 Å². The smallest absolute Gasteiger partial charge is 0.404 e. The van der Waals surface area contributed by atoms with Crippen molar-refractivity contribution in [1.29, 1.82) is 0 Å². The summed E-state index contributed by atoms with van der Waals surface area (Å²) >= 11 is 0. The lowest BCUT2D eigenvalue weighted by Gasteiger charge is -2.29. The standard InChI is InChI=1S/C23H30N2O4/c1-28-21-10-5-17(6-11-21)18-7-12-22(29-2)19(13-18)15-24-20-8-3-16(4-9-20)14-25-23(26)27/h5-7,10-13,16,20,24-25H,3-4,8-9,14-15H2,1-2H3,(H,26,27). The van der Waals surface area contributed by atoms with Gasteiger partial charge in [0.15, 0.2) is 0 Å². The number of hydrogen-bond acceptors (Lipinski definition) is 4. The first-order chi connectivity index (χ1) is 14.1. The number of carboxylic acid groups (broad SMARTS) is 1. The molecule has 0 atom stereocenters. The summed E-state index contributed by atoms with van der Waals surface area (Å²) < 4.78 is 10.8. The van der Waals surface area contributed by atoms with Gasteiger partial charge in [-0.1, -0.05) is 18.2 Å². The number of nitrogens with one attached hydrogen (secondary N) is 2. The average Bonchev–Trinajstić information content (AvgIpc) is 2.76. The number of methoxy groups -OCH3 is 2. The van der Waals surface area contributed by atoms with Crippen LogP contribution in [0.5, 0.6) is 11.5 Å². The van der Waals surface area contributed by atoms with E-state index in [0.717, 1.165) is 60.4 Å². The Kier molecular flexibility index (Phi) is 7.36. The second kappa shape index (κ2) is 10.2. The molecule has 6 heteroatoms. The molecule has 0 spiro atoms. The maximum absolute atomic E-state index is 10.6. The van der Waals surface area contributed by atoms with E-state index >= 15 is 0 Å². The Labute approximate surface area is 172 Å². The molecule has 1 aliphatic carbocycles. The minimum absolute atomic E-state index is 0.442. The van der Waals surface area contributed by atoms with Crippen LogP contribution < -0.4 is 20.1 Å². The van der Waals surface area contributed by atoms with Crippen LogP contribution >= 0.6 is 0 Å². The third kappa shape index (κ3) is 5.87. The van der Waals surface area contributed by atoms with Crippen LogP contribution in [0.4, 0.5) is 4.79 Å². The number of hydrogen-bond donors (Lipinski definition) is 3. The quantitative estimate of drug-likeness (QED) is 0.618. The lowest BCUT2D eigenvalue weighted by molar-refractivity contribution is 0.189. The van der Waals surface area contributed by atoms with Gasteiger partial charge < -0.3 is 25.2 Å². The van der Waals surface area contributed by atoms with Gasteiger partial charge in [-0.3, -0.25) is 0 Å². The van der Waals surface area contributed by atoms with Gasteiger partial charge in [-0.05, 0) is 67.0 Å². The number of ether oxygens (including phenoxy) is 2. The Morgan fingerprint density at radius 1 is 1.00 bits per heavy atom. The van der Waals surface area contributed by atoms with E-state index in [-0.39, 0.29) is 0 Å². The molecule has 156 valence electrons. The highest BCUT2D eigenvalue weighted by atomic mass is 16.5. The first-order valence-electron chi connectivity index (χ1n) is 10.1. The average molecular weight is 399 g/mol. The molecule has 0 aromatic heterocycles. The Morgan fingerprint density at radius 2 is 1.69 bits per heavy atom. The van der Waals surface area contributed by atoms with Crippen LogP contribution in [-0.4, -0.2) is 38.0 Å². The Bertz CT molecular complexity index is 799. The molecule has 3 rings (SSSR count). The van der Waals surface area contributed by atoms with E-state index in [9.17, 15) is 4.79 Å². The molecule has 0 aliphatic heterocycles. The van der Waals surface area contributed by atoms with Crippen LogP contribution in [0.2, 0.25) is 0 Å². The molecule has 0 heterocycles. The molecule has 6 nitrogen and oxygen atoms in total. The van der Waals surface area contributed by atoms with Crippen molar-refractivity contribution in [2.75, 3.05) is 20.8 Å². The normalized spacial score (nSPS) is 18.8. The fourth-order valence-corrected chi connectivity index (χ4v) is 3.94. The van der Waals surface area contributed by atoms with Crippen molar-refractivity contribution in [2.45, 2.75) is 38.3 Å². The molecule has 0 bridgehead atoms. The van der Waals surface area contributed by atoms with Crippen molar-refractivity contribution in [2.24, 2.45) is 5.92 Å². The summed E-state index contributed by atoms with van der Waals surface area (Å²) in [4.78, 5) is 10.6. The fourth-order valence-electron chi connectivity index (χ4n) is 3.94. The summed E-state index contributed by atoms with van der Waals surface area (Å²) in [7, 11) is 3.37. The van der Waals surface area contributed by atoms with Crippen LogP contribution in [-0.2, 0) is 6.54 Å². The molecule has 1 aliphatic rings. The zero-order chi connectivity index (χ0) is 20.6. The molecular formula is C23H30N2O4. The number of amides is 1. The third-order valence-electron chi connectivity index (χ3n) is 5.67. The number of carbonyl (C=O) groups is 1. The lowest BCUT2D eigenvalue weighted by Crippen LogP contribution is -2.36. The van der Waals surface area contributed by atoms with Crippen LogP contribution in [0.3, 0.4) is 0 Å². The molecule has 1 fully saturated rings. The van der Waals surface area contributed by atoms with Gasteiger partial charge in [0.2, 0.25) is 0 Å². The molecule has 2 aromatic rings. The molecular weight excluding hydrogens is 368 g/mol. The van der Waals surface area contributed by atoms with E-state index in [0.29, 0.717) is 18.5 Å². The monoisotopic (exact) mass is 398 g/mol. The number of benzene rings is 2. The molecule has 1 saturated carbocycles. The van der Waals surface area contributed by atoms with E-state index in [2.05, 4.69) is 34.9 Å². The van der Waals surface area contributed by atoms with Crippen molar-refractivity contribution in [3.63, 3.8) is 0 Å². The highest BCUT2D eigenvalue weighted by Gasteiger charge is 2.21. The van der Waals surface area contributed by atoms with Gasteiger partial charge in [0.05, 0.1) is 14.2 Å².